The summed E-state index contributed by atoms with van der Waals surface area (Å²) < 4.78 is 66.2. The van der Waals surface area contributed by atoms with E-state index in [-0.39, 0.29) is 10.6 Å². The second-order valence-corrected chi connectivity index (χ2v) is 9.81. The zero-order valence-electron chi connectivity index (χ0n) is 15.7. The Morgan fingerprint density at radius 2 is 1.61 bits per heavy atom. The van der Waals surface area contributed by atoms with Crippen molar-refractivity contribution >= 4 is 39.3 Å². The Balaban J connectivity index is 1.62. The molecule has 0 bridgehead atoms. The molecule has 0 radical (unpaired) electrons. The van der Waals surface area contributed by atoms with Crippen LogP contribution in [0, 0.1) is 17.5 Å². The lowest BCUT2D eigenvalue weighted by molar-refractivity contribution is -0.112. The summed E-state index contributed by atoms with van der Waals surface area (Å²) in [5.74, 6) is -3.57. The number of nitrogens with one attached hydrogen (secondary N) is 1. The maximum Gasteiger partial charge on any atom is 0.262 e. The molecule has 1 aliphatic rings. The molecule has 0 unspecified atom stereocenters. The second kappa shape index (κ2) is 8.24. The second-order valence-electron chi connectivity index (χ2n) is 6.73. The van der Waals surface area contributed by atoms with Crippen molar-refractivity contribution in [2.45, 2.75) is 15.5 Å². The van der Waals surface area contributed by atoms with Crippen molar-refractivity contribution in [1.82, 2.24) is 0 Å². The van der Waals surface area contributed by atoms with Crippen LogP contribution in [0.15, 0.2) is 75.4 Å². The summed E-state index contributed by atoms with van der Waals surface area (Å²) in [5.41, 5.74) is 0.373. The quantitative estimate of drug-likeness (QED) is 0.545. The molecular formula is C22H14F3NO3S2. The first-order chi connectivity index (χ1) is 14.7. The van der Waals surface area contributed by atoms with Gasteiger partial charge in [0, 0.05) is 10.5 Å². The van der Waals surface area contributed by atoms with E-state index in [0.29, 0.717) is 15.4 Å². The van der Waals surface area contributed by atoms with E-state index in [4.69, 9.17) is 0 Å². The normalized spacial score (nSPS) is 14.9. The molecule has 1 aliphatic heterocycles. The van der Waals surface area contributed by atoms with Crippen molar-refractivity contribution in [2.75, 3.05) is 5.32 Å². The molecule has 0 saturated carbocycles. The number of benzene rings is 3. The summed E-state index contributed by atoms with van der Waals surface area (Å²) in [7, 11) is -4.07. The minimum Gasteiger partial charge on any atom is -0.320 e. The van der Waals surface area contributed by atoms with Crippen LogP contribution in [0.3, 0.4) is 0 Å². The van der Waals surface area contributed by atoms with Crippen LogP contribution in [0.5, 0.6) is 0 Å². The molecule has 1 amide bonds. The summed E-state index contributed by atoms with van der Waals surface area (Å²) in [6.45, 7) is 0. The molecule has 4 rings (SSSR count). The first-order valence-electron chi connectivity index (χ1n) is 8.99. The first kappa shape index (κ1) is 21.2. The van der Waals surface area contributed by atoms with Gasteiger partial charge in [-0.15, -0.1) is 0 Å². The van der Waals surface area contributed by atoms with Gasteiger partial charge in [0.25, 0.3) is 5.91 Å². The fraction of sp³-hybridized carbons (Fsp3) is 0.0455. The van der Waals surface area contributed by atoms with Crippen LogP contribution in [0.1, 0.15) is 11.1 Å². The number of amides is 1. The van der Waals surface area contributed by atoms with Gasteiger partial charge in [-0.1, -0.05) is 30.0 Å². The molecule has 0 saturated heterocycles. The summed E-state index contributed by atoms with van der Waals surface area (Å²) in [6.07, 6.45) is 1.59. The highest BCUT2D eigenvalue weighted by molar-refractivity contribution is 8.04. The predicted molar refractivity (Wildman–Crippen MR) is 113 cm³/mol. The number of halogens is 3. The first-order valence-corrected chi connectivity index (χ1v) is 11.5. The van der Waals surface area contributed by atoms with Gasteiger partial charge in [0.15, 0.2) is 9.84 Å². The molecule has 3 aromatic rings. The Morgan fingerprint density at radius 3 is 2.29 bits per heavy atom. The Kier molecular flexibility index (Phi) is 5.63. The van der Waals surface area contributed by atoms with E-state index in [2.05, 4.69) is 5.32 Å². The number of carbonyl (C=O) groups is 1. The van der Waals surface area contributed by atoms with Crippen molar-refractivity contribution in [3.63, 3.8) is 0 Å². The van der Waals surface area contributed by atoms with Gasteiger partial charge >= 0.3 is 0 Å². The highest BCUT2D eigenvalue weighted by Crippen LogP contribution is 2.40. The van der Waals surface area contributed by atoms with Gasteiger partial charge < -0.3 is 5.32 Å². The average Bonchev–Trinajstić information content (AvgIpc) is 2.72. The molecule has 3 aromatic carbocycles. The SMILES string of the molecule is O=C1Nc2cc(S(=O)(=O)Cc3c(F)cccc3F)ccc2SC1=Cc1ccc(F)cc1. The van der Waals surface area contributed by atoms with Crippen LogP contribution in [0.4, 0.5) is 18.9 Å². The van der Waals surface area contributed by atoms with Crippen LogP contribution in [-0.4, -0.2) is 14.3 Å². The number of carbonyl (C=O) groups excluding carboxylic acids is 1. The summed E-state index contributed by atoms with van der Waals surface area (Å²) in [5, 5.41) is 2.63. The molecule has 0 spiro atoms. The zero-order valence-corrected chi connectivity index (χ0v) is 17.4. The number of fused-ring (bicyclic) bond motifs is 1. The van der Waals surface area contributed by atoms with E-state index in [1.54, 1.807) is 6.08 Å². The molecule has 0 atom stereocenters. The smallest absolute Gasteiger partial charge is 0.262 e. The standard InChI is InChI=1S/C22H14F3NO3S2/c23-14-6-4-13(5-7-14)10-21-22(27)26-19-11-15(8-9-20(19)30-21)31(28,29)12-16-17(24)2-1-3-18(16)25/h1-11H,12H2,(H,26,27). The fourth-order valence-electron chi connectivity index (χ4n) is 2.99. The molecule has 9 heteroatoms. The molecule has 0 aliphatic carbocycles. The van der Waals surface area contributed by atoms with E-state index in [9.17, 15) is 26.4 Å². The predicted octanol–water partition coefficient (Wildman–Crippen LogP) is 5.16. The van der Waals surface area contributed by atoms with E-state index in [0.717, 1.165) is 30.0 Å². The van der Waals surface area contributed by atoms with Crippen molar-refractivity contribution in [2.24, 2.45) is 0 Å². The van der Waals surface area contributed by atoms with Gasteiger partial charge in [0.05, 0.1) is 21.2 Å². The van der Waals surface area contributed by atoms with Crippen LogP contribution in [0.2, 0.25) is 0 Å². The van der Waals surface area contributed by atoms with Gasteiger partial charge in [-0.05, 0) is 54.1 Å². The maximum absolute atomic E-state index is 13.9. The topological polar surface area (TPSA) is 63.2 Å². The minimum absolute atomic E-state index is 0.166. The van der Waals surface area contributed by atoms with Gasteiger partial charge in [0.1, 0.15) is 17.5 Å². The Labute approximate surface area is 180 Å². The van der Waals surface area contributed by atoms with E-state index < -0.39 is 44.5 Å². The van der Waals surface area contributed by atoms with Crippen molar-refractivity contribution < 1.29 is 26.4 Å². The summed E-state index contributed by atoms with van der Waals surface area (Å²) >= 11 is 1.13. The third-order valence-electron chi connectivity index (χ3n) is 4.57. The van der Waals surface area contributed by atoms with Gasteiger partial charge in [-0.2, -0.15) is 0 Å². The van der Waals surface area contributed by atoms with Crippen LogP contribution < -0.4 is 5.32 Å². The van der Waals surface area contributed by atoms with E-state index in [1.807, 2.05) is 0 Å². The van der Waals surface area contributed by atoms with Crippen molar-refractivity contribution in [3.05, 3.63) is 94.1 Å². The molecule has 158 valence electrons. The van der Waals surface area contributed by atoms with Crippen LogP contribution >= 0.6 is 11.8 Å². The molecule has 1 heterocycles. The third-order valence-corrected chi connectivity index (χ3v) is 7.31. The molecule has 31 heavy (non-hydrogen) atoms. The molecule has 0 fully saturated rings. The number of anilines is 1. The van der Waals surface area contributed by atoms with E-state index in [1.165, 1.54) is 42.5 Å². The largest absolute Gasteiger partial charge is 0.320 e. The highest BCUT2D eigenvalue weighted by atomic mass is 32.2. The number of hydrogen-bond donors (Lipinski definition) is 1. The molecule has 0 aromatic heterocycles. The Morgan fingerprint density at radius 1 is 0.935 bits per heavy atom. The number of thioether (sulfide) groups is 1. The lowest BCUT2D eigenvalue weighted by atomic mass is 10.2. The Hall–Kier alpha value is -3.04. The summed E-state index contributed by atoms with van der Waals surface area (Å²) in [6, 6.07) is 12.9. The van der Waals surface area contributed by atoms with E-state index >= 15 is 0 Å². The number of rotatable bonds is 4. The third kappa shape index (κ3) is 4.52. The lowest BCUT2D eigenvalue weighted by Gasteiger charge is -2.19. The van der Waals surface area contributed by atoms with Gasteiger partial charge in [-0.25, -0.2) is 21.6 Å². The van der Waals surface area contributed by atoms with Gasteiger partial charge in [-0.3, -0.25) is 4.79 Å². The maximum atomic E-state index is 13.9. The fourth-order valence-corrected chi connectivity index (χ4v) is 5.31. The number of sulfone groups is 1. The molecule has 1 N–H and O–H groups in total. The monoisotopic (exact) mass is 461 g/mol. The number of hydrogen-bond acceptors (Lipinski definition) is 4. The zero-order chi connectivity index (χ0) is 22.2. The minimum atomic E-state index is -4.07. The van der Waals surface area contributed by atoms with Crippen LogP contribution in [-0.2, 0) is 20.4 Å². The van der Waals surface area contributed by atoms with Crippen molar-refractivity contribution in [1.29, 1.82) is 0 Å². The van der Waals surface area contributed by atoms with Crippen LogP contribution in [0.25, 0.3) is 6.08 Å². The van der Waals surface area contributed by atoms with Gasteiger partial charge in [0.2, 0.25) is 0 Å². The average molecular weight is 461 g/mol. The lowest BCUT2D eigenvalue weighted by Crippen LogP contribution is -2.18. The summed E-state index contributed by atoms with van der Waals surface area (Å²) in [4.78, 5) is 13.2. The highest BCUT2D eigenvalue weighted by Gasteiger charge is 2.25. The Bertz CT molecular complexity index is 1300. The van der Waals surface area contributed by atoms with Crippen molar-refractivity contribution in [3.8, 4) is 0 Å². The molecular weight excluding hydrogens is 447 g/mol. The molecule has 4 nitrogen and oxygen atoms in total.